The summed E-state index contributed by atoms with van der Waals surface area (Å²) in [7, 11) is 0. The maximum atomic E-state index is 12.3. The summed E-state index contributed by atoms with van der Waals surface area (Å²) in [4.78, 5) is 0. The fourth-order valence-corrected chi connectivity index (χ4v) is 1.47. The zero-order valence-electron chi connectivity index (χ0n) is 12.3. The fourth-order valence-electron chi connectivity index (χ4n) is 1.47. The second-order valence-electron chi connectivity index (χ2n) is 4.59. The van der Waals surface area contributed by atoms with Crippen LogP contribution >= 0.6 is 19.4 Å². The fraction of sp³-hybridized carbons (Fsp3) is 0.250. The molecule has 0 heterocycles. The molecule has 4 N–H and O–H groups in total. The van der Waals surface area contributed by atoms with Crippen molar-refractivity contribution in [2.45, 2.75) is 25.9 Å². The molecule has 0 saturated heterocycles. The first-order valence-electron chi connectivity index (χ1n) is 6.46. The zero-order valence-corrected chi connectivity index (χ0v) is 16.7. The molecule has 6 heteroatoms. The third-order valence-corrected chi connectivity index (χ3v) is 2.69. The average molecular weight is 599 g/mol. The van der Waals surface area contributed by atoms with Crippen LogP contribution in [0.4, 0.5) is 8.78 Å². The van der Waals surface area contributed by atoms with Crippen LogP contribution in [0.15, 0.2) is 42.5 Å². The van der Waals surface area contributed by atoms with Gasteiger partial charge in [-0.05, 0) is 31.5 Å². The molecule has 0 aliphatic heterocycles. The predicted octanol–water partition coefficient (Wildman–Crippen LogP) is 4.37. The van der Waals surface area contributed by atoms with Gasteiger partial charge in [-0.3, -0.25) is 4.39 Å². The predicted molar refractivity (Wildman–Crippen MR) is 90.9 cm³/mol. The van der Waals surface area contributed by atoms with E-state index in [9.17, 15) is 8.78 Å². The van der Waals surface area contributed by atoms with E-state index in [1.807, 2.05) is 13.8 Å². The molecule has 0 unspecified atom stereocenters. The van der Waals surface area contributed by atoms with Crippen molar-refractivity contribution in [1.29, 1.82) is 0 Å². The van der Waals surface area contributed by atoms with Crippen molar-refractivity contribution >= 4 is 19.4 Å². The number of halogens is 3. The third-order valence-electron chi connectivity index (χ3n) is 2.69. The normalized spacial score (nSPS) is 12.2. The summed E-state index contributed by atoms with van der Waals surface area (Å²) in [5, 5.41) is 0. The quantitative estimate of drug-likeness (QED) is 0.398. The first kappa shape index (κ1) is 21.6. The second-order valence-corrected chi connectivity index (χ2v) is 4.59. The van der Waals surface area contributed by atoms with E-state index in [-0.39, 0.29) is 23.7 Å². The van der Waals surface area contributed by atoms with Gasteiger partial charge >= 0.3 is 35.5 Å². The number of rotatable bonds is 2. The molecule has 22 heavy (non-hydrogen) atoms. The Hall–Kier alpha value is -0.362. The van der Waals surface area contributed by atoms with Crippen molar-refractivity contribution in [2.75, 3.05) is 0 Å². The molecular formula is C16H19F2IN2Pt. The van der Waals surface area contributed by atoms with Crippen LogP contribution in [0.1, 0.15) is 37.1 Å². The van der Waals surface area contributed by atoms with Crippen LogP contribution in [0.2, 0.25) is 0 Å². The first-order valence-corrected chi connectivity index (χ1v) is 12.9. The second kappa shape index (κ2) is 12.1. The van der Waals surface area contributed by atoms with Gasteiger partial charge in [0.05, 0.1) is 0 Å². The SMILES string of the molecule is C[C@@H](N)c1[c-]cc(F)cc1.C[C@@H](N)c1ccc(F)cc1.[I][Pt+]. The Labute approximate surface area is 152 Å². The van der Waals surface area contributed by atoms with Crippen molar-refractivity contribution < 1.29 is 24.9 Å². The molecule has 2 nitrogen and oxygen atoms in total. The summed E-state index contributed by atoms with van der Waals surface area (Å²) in [5.41, 5.74) is 12.8. The Balaban J connectivity index is 0.000000360. The standard InChI is InChI=1S/C8H10FN.C8H9FN.HI.Pt/c2*1-6(10)7-2-4-8(9)5-3-7;;/h2-6H,10H2,1H3;2,4-6H,10H2,1H3;1H;/q;-1;;+2/p-1/t2*6-;;/m11../s1. The number of nitrogens with two attached hydrogens (primary N) is 2. The number of benzene rings is 2. The van der Waals surface area contributed by atoms with Crippen LogP contribution in [0.25, 0.3) is 0 Å². The first-order chi connectivity index (χ1) is 10.4. The molecule has 0 fully saturated rings. The average Bonchev–Trinajstić information content (AvgIpc) is 2.51. The van der Waals surface area contributed by atoms with Crippen molar-refractivity contribution in [3.05, 3.63) is 71.3 Å². The Morgan fingerprint density at radius 1 is 0.909 bits per heavy atom. The van der Waals surface area contributed by atoms with Gasteiger partial charge in [0, 0.05) is 17.9 Å². The van der Waals surface area contributed by atoms with E-state index in [1.54, 1.807) is 18.2 Å². The molecule has 2 atom stereocenters. The minimum atomic E-state index is -0.274. The summed E-state index contributed by atoms with van der Waals surface area (Å²) in [6.45, 7) is 3.71. The van der Waals surface area contributed by atoms with Crippen LogP contribution in [0, 0.1) is 17.7 Å². The molecule has 2 rings (SSSR count). The Bertz CT molecular complexity index is 467. The Morgan fingerprint density at radius 3 is 1.77 bits per heavy atom. The molecule has 2 aromatic rings. The molecule has 0 radical (unpaired) electrons. The Morgan fingerprint density at radius 2 is 1.41 bits per heavy atom. The molecule has 0 aliphatic rings. The van der Waals surface area contributed by atoms with Crippen LogP contribution in [0.3, 0.4) is 0 Å². The van der Waals surface area contributed by atoms with Crippen molar-refractivity contribution in [3.63, 3.8) is 0 Å². The van der Waals surface area contributed by atoms with E-state index in [0.717, 1.165) is 11.1 Å². The van der Waals surface area contributed by atoms with Gasteiger partial charge in [0.1, 0.15) is 5.82 Å². The summed E-state index contributed by atoms with van der Waals surface area (Å²) >= 11 is 4.23. The topological polar surface area (TPSA) is 52.0 Å². The van der Waals surface area contributed by atoms with E-state index >= 15 is 0 Å². The maximum absolute atomic E-state index is 12.3. The van der Waals surface area contributed by atoms with Crippen LogP contribution < -0.4 is 11.5 Å². The van der Waals surface area contributed by atoms with Crippen molar-refractivity contribution in [3.8, 4) is 0 Å². The summed E-state index contributed by atoms with van der Waals surface area (Å²) < 4.78 is 24.6. The molecule has 2 aromatic carbocycles. The van der Waals surface area contributed by atoms with E-state index in [0.29, 0.717) is 0 Å². The van der Waals surface area contributed by atoms with Crippen LogP contribution in [0.5, 0.6) is 0 Å². The third kappa shape index (κ3) is 8.93. The van der Waals surface area contributed by atoms with Gasteiger partial charge in [-0.25, -0.2) is 4.39 Å². The summed E-state index contributed by atoms with van der Waals surface area (Å²) in [6, 6.07) is 13.2. The van der Waals surface area contributed by atoms with Gasteiger partial charge in [-0.2, -0.15) is 12.1 Å². The molecule has 0 aromatic heterocycles. The van der Waals surface area contributed by atoms with E-state index in [1.165, 1.54) is 24.3 Å². The van der Waals surface area contributed by atoms with E-state index in [2.05, 4.69) is 41.6 Å². The molecule has 0 spiro atoms. The van der Waals surface area contributed by atoms with Crippen LogP contribution in [-0.4, -0.2) is 0 Å². The molecule has 0 saturated carbocycles. The van der Waals surface area contributed by atoms with Gasteiger partial charge < -0.3 is 11.5 Å². The van der Waals surface area contributed by atoms with Gasteiger partial charge in [-0.15, -0.1) is 17.7 Å². The van der Waals surface area contributed by atoms with E-state index in [4.69, 9.17) is 11.5 Å². The van der Waals surface area contributed by atoms with Gasteiger partial charge in [-0.1, -0.05) is 12.1 Å². The molecule has 0 aliphatic carbocycles. The number of hydrogen-bond donors (Lipinski definition) is 2. The number of hydrogen-bond acceptors (Lipinski definition) is 2. The van der Waals surface area contributed by atoms with Gasteiger partial charge in [0.2, 0.25) is 0 Å². The monoisotopic (exact) mass is 599 g/mol. The van der Waals surface area contributed by atoms with Crippen molar-refractivity contribution in [2.24, 2.45) is 11.5 Å². The van der Waals surface area contributed by atoms with E-state index < -0.39 is 0 Å². The minimum absolute atomic E-state index is 0.0133. The molecule has 0 bridgehead atoms. The zero-order chi connectivity index (χ0) is 17.1. The summed E-state index contributed by atoms with van der Waals surface area (Å²) in [6.07, 6.45) is 0. The van der Waals surface area contributed by atoms with Gasteiger partial charge in [0.25, 0.3) is 0 Å². The summed E-state index contributed by atoms with van der Waals surface area (Å²) in [5.74, 6) is -0.492. The van der Waals surface area contributed by atoms with Crippen molar-refractivity contribution in [1.82, 2.24) is 0 Å². The van der Waals surface area contributed by atoms with Crippen LogP contribution in [-0.2, 0) is 16.1 Å². The Kier molecular flexibility index (Phi) is 11.9. The molecule has 124 valence electrons. The molecule has 0 amide bonds. The molecular weight excluding hydrogens is 580 g/mol. The van der Waals surface area contributed by atoms with Gasteiger partial charge in [0.15, 0.2) is 0 Å².